The third-order valence-electron chi connectivity index (χ3n) is 4.87. The predicted molar refractivity (Wildman–Crippen MR) is 101 cm³/mol. The average molecular weight is 374 g/mol. The molecule has 1 saturated heterocycles. The van der Waals surface area contributed by atoms with E-state index < -0.39 is 0 Å². The Bertz CT molecular complexity index is 787. The number of aryl methyl sites for hydroxylation is 1. The Morgan fingerprint density at radius 3 is 2.65 bits per heavy atom. The average Bonchev–Trinajstić information content (AvgIpc) is 3.06. The number of hydrogen-bond acceptors (Lipinski definition) is 3. The maximum absolute atomic E-state index is 13.1. The molecule has 1 aromatic carbocycles. The van der Waals surface area contributed by atoms with Crippen LogP contribution in [0.5, 0.6) is 0 Å². The molecule has 138 valence electrons. The van der Waals surface area contributed by atoms with Gasteiger partial charge < -0.3 is 9.80 Å². The molecule has 6 heteroatoms. The van der Waals surface area contributed by atoms with Crippen LogP contribution < -0.4 is 0 Å². The van der Waals surface area contributed by atoms with Crippen LogP contribution in [0.1, 0.15) is 33.6 Å². The van der Waals surface area contributed by atoms with Crippen LogP contribution in [0.15, 0.2) is 35.7 Å². The fourth-order valence-corrected chi connectivity index (χ4v) is 4.27. The maximum Gasteiger partial charge on any atom is 0.253 e. The molecule has 2 heterocycles. The number of carbonyl (C=O) groups is 2. The molecule has 0 N–H and O–H groups in total. The number of rotatable bonds is 4. The van der Waals surface area contributed by atoms with E-state index in [-0.39, 0.29) is 23.5 Å². The molecule has 1 unspecified atom stereocenters. The minimum Gasteiger partial charge on any atom is -0.340 e. The fourth-order valence-electron chi connectivity index (χ4n) is 3.31. The summed E-state index contributed by atoms with van der Waals surface area (Å²) < 4.78 is 13.1. The molecule has 0 radical (unpaired) electrons. The first-order valence-electron chi connectivity index (χ1n) is 8.78. The molecule has 1 aromatic heterocycles. The first kappa shape index (κ1) is 18.6. The molecular weight excluding hydrogens is 351 g/mol. The third-order valence-corrected chi connectivity index (χ3v) is 5.88. The Labute approximate surface area is 157 Å². The molecule has 0 saturated carbocycles. The van der Waals surface area contributed by atoms with Gasteiger partial charge in [-0.1, -0.05) is 0 Å². The van der Waals surface area contributed by atoms with Gasteiger partial charge >= 0.3 is 0 Å². The molecule has 2 amide bonds. The van der Waals surface area contributed by atoms with Gasteiger partial charge in [-0.3, -0.25) is 9.59 Å². The van der Waals surface area contributed by atoms with E-state index >= 15 is 0 Å². The summed E-state index contributed by atoms with van der Waals surface area (Å²) in [6.07, 6.45) is 1.59. The van der Waals surface area contributed by atoms with Crippen LogP contribution in [0.3, 0.4) is 0 Å². The van der Waals surface area contributed by atoms with E-state index in [2.05, 4.69) is 6.07 Å². The van der Waals surface area contributed by atoms with Crippen LogP contribution in [0, 0.1) is 18.7 Å². The summed E-state index contributed by atoms with van der Waals surface area (Å²) in [5.74, 6) is -0.606. The summed E-state index contributed by atoms with van der Waals surface area (Å²) in [6.45, 7) is 3.70. The highest BCUT2D eigenvalue weighted by atomic mass is 32.1. The molecule has 0 aliphatic carbocycles. The van der Waals surface area contributed by atoms with Gasteiger partial charge in [-0.25, -0.2) is 4.39 Å². The molecule has 1 aliphatic rings. The Morgan fingerprint density at radius 2 is 2.00 bits per heavy atom. The Morgan fingerprint density at radius 1 is 1.27 bits per heavy atom. The zero-order chi connectivity index (χ0) is 18.7. The number of hydrogen-bond donors (Lipinski definition) is 0. The van der Waals surface area contributed by atoms with Gasteiger partial charge in [0.15, 0.2) is 0 Å². The van der Waals surface area contributed by atoms with Gasteiger partial charge in [0.05, 0.1) is 12.5 Å². The highest BCUT2D eigenvalue weighted by Crippen LogP contribution is 2.23. The molecule has 0 bridgehead atoms. The second-order valence-electron chi connectivity index (χ2n) is 6.82. The van der Waals surface area contributed by atoms with Gasteiger partial charge in [0, 0.05) is 30.6 Å². The van der Waals surface area contributed by atoms with Gasteiger partial charge in [0.25, 0.3) is 5.91 Å². The van der Waals surface area contributed by atoms with E-state index in [0.717, 1.165) is 12.8 Å². The van der Waals surface area contributed by atoms with Gasteiger partial charge in [0.2, 0.25) is 5.91 Å². The summed E-state index contributed by atoms with van der Waals surface area (Å²) >= 11 is 1.66. The molecule has 1 fully saturated rings. The summed E-state index contributed by atoms with van der Waals surface area (Å²) in [7, 11) is 1.82. The van der Waals surface area contributed by atoms with Crippen molar-refractivity contribution in [1.29, 1.82) is 0 Å². The summed E-state index contributed by atoms with van der Waals surface area (Å²) in [6, 6.07) is 7.62. The van der Waals surface area contributed by atoms with Crippen molar-refractivity contribution in [3.8, 4) is 0 Å². The normalized spacial score (nSPS) is 17.2. The number of benzene rings is 1. The van der Waals surface area contributed by atoms with Crippen molar-refractivity contribution in [2.24, 2.45) is 5.92 Å². The van der Waals surface area contributed by atoms with Crippen molar-refractivity contribution < 1.29 is 14.0 Å². The molecular formula is C20H23FN2O2S. The van der Waals surface area contributed by atoms with Crippen molar-refractivity contribution in [2.75, 3.05) is 20.1 Å². The summed E-state index contributed by atoms with van der Waals surface area (Å²) in [5.41, 5.74) is 1.66. The van der Waals surface area contributed by atoms with Crippen LogP contribution >= 0.6 is 11.3 Å². The minimum atomic E-state index is -0.362. The van der Waals surface area contributed by atoms with E-state index in [9.17, 15) is 14.0 Å². The Balaban J connectivity index is 1.63. The van der Waals surface area contributed by atoms with Gasteiger partial charge in [-0.15, -0.1) is 11.3 Å². The largest absolute Gasteiger partial charge is 0.340 e. The molecule has 3 rings (SSSR count). The number of amides is 2. The van der Waals surface area contributed by atoms with Crippen LogP contribution in [0.2, 0.25) is 0 Å². The highest BCUT2D eigenvalue weighted by Gasteiger charge is 2.30. The first-order valence-corrected chi connectivity index (χ1v) is 9.66. The van der Waals surface area contributed by atoms with E-state index in [4.69, 9.17) is 0 Å². The van der Waals surface area contributed by atoms with E-state index in [1.807, 2.05) is 19.4 Å². The Hall–Kier alpha value is -2.21. The van der Waals surface area contributed by atoms with Gasteiger partial charge in [-0.05, 0) is 61.0 Å². The second kappa shape index (κ2) is 7.99. The number of likely N-dealkylation sites (tertiary alicyclic amines) is 1. The lowest BCUT2D eigenvalue weighted by molar-refractivity contribution is -0.136. The monoisotopic (exact) mass is 374 g/mol. The van der Waals surface area contributed by atoms with Crippen molar-refractivity contribution in [3.63, 3.8) is 0 Å². The SMILES string of the molecule is Cc1ccsc1CN(C)C(=O)C1CCCN(C(=O)c2ccc(F)cc2)C1. The van der Waals surface area contributed by atoms with Crippen molar-refractivity contribution in [2.45, 2.75) is 26.3 Å². The number of thiophene rings is 1. The number of halogens is 1. The van der Waals surface area contributed by atoms with Crippen LogP contribution in [-0.2, 0) is 11.3 Å². The molecule has 26 heavy (non-hydrogen) atoms. The van der Waals surface area contributed by atoms with Crippen LogP contribution in [0.25, 0.3) is 0 Å². The zero-order valence-corrected chi connectivity index (χ0v) is 15.9. The first-order chi connectivity index (χ1) is 12.5. The fraction of sp³-hybridized carbons (Fsp3) is 0.400. The smallest absolute Gasteiger partial charge is 0.253 e. The Kier molecular flexibility index (Phi) is 5.71. The lowest BCUT2D eigenvalue weighted by Gasteiger charge is -2.34. The molecule has 4 nitrogen and oxygen atoms in total. The third kappa shape index (κ3) is 4.12. The van der Waals surface area contributed by atoms with E-state index in [0.29, 0.717) is 25.2 Å². The summed E-state index contributed by atoms with van der Waals surface area (Å²) in [4.78, 5) is 30.1. The zero-order valence-electron chi connectivity index (χ0n) is 15.1. The molecule has 1 atom stereocenters. The topological polar surface area (TPSA) is 40.6 Å². The van der Waals surface area contributed by atoms with Crippen LogP contribution in [0.4, 0.5) is 4.39 Å². The van der Waals surface area contributed by atoms with Gasteiger partial charge in [-0.2, -0.15) is 0 Å². The summed E-state index contributed by atoms with van der Waals surface area (Å²) in [5, 5.41) is 2.03. The number of nitrogens with zero attached hydrogens (tertiary/aromatic N) is 2. The maximum atomic E-state index is 13.1. The predicted octanol–water partition coefficient (Wildman–Crippen LogP) is 3.71. The van der Waals surface area contributed by atoms with Gasteiger partial charge in [0.1, 0.15) is 5.82 Å². The quantitative estimate of drug-likeness (QED) is 0.819. The van der Waals surface area contributed by atoms with Crippen molar-refractivity contribution in [1.82, 2.24) is 9.80 Å². The minimum absolute atomic E-state index is 0.0782. The van der Waals surface area contributed by atoms with E-state index in [1.165, 1.54) is 34.7 Å². The highest BCUT2D eigenvalue weighted by molar-refractivity contribution is 7.10. The molecule has 2 aromatic rings. The van der Waals surface area contributed by atoms with Crippen molar-refractivity contribution >= 4 is 23.2 Å². The van der Waals surface area contributed by atoms with Crippen molar-refractivity contribution in [3.05, 3.63) is 57.5 Å². The standard InChI is InChI=1S/C20H23FN2O2S/c1-14-9-11-26-18(14)13-22(2)19(24)16-4-3-10-23(12-16)20(25)15-5-7-17(21)8-6-15/h5-9,11,16H,3-4,10,12-13H2,1-2H3. The number of carbonyl (C=O) groups excluding carboxylic acids is 2. The van der Waals surface area contributed by atoms with Crippen LogP contribution in [-0.4, -0.2) is 41.8 Å². The molecule has 1 aliphatic heterocycles. The lowest BCUT2D eigenvalue weighted by Crippen LogP contribution is -2.45. The van der Waals surface area contributed by atoms with E-state index in [1.54, 1.807) is 21.1 Å². The lowest BCUT2D eigenvalue weighted by atomic mass is 9.96. The second-order valence-corrected chi connectivity index (χ2v) is 7.82. The molecule has 0 spiro atoms. The number of piperidine rings is 1.